The summed E-state index contributed by atoms with van der Waals surface area (Å²) in [6, 6.07) is 10.0. The van der Waals surface area contributed by atoms with Gasteiger partial charge in [0.1, 0.15) is 11.6 Å². The molecule has 2 heterocycles. The molecular formula is C20H27N5O. The normalized spacial score (nSPS) is 11.7. The second-order valence-electron chi connectivity index (χ2n) is 7.42. The third-order valence-corrected chi connectivity index (χ3v) is 4.22. The largest absolute Gasteiger partial charge is 0.497 e. The summed E-state index contributed by atoms with van der Waals surface area (Å²) >= 11 is 0. The van der Waals surface area contributed by atoms with Gasteiger partial charge >= 0.3 is 0 Å². The Morgan fingerprint density at radius 2 is 1.88 bits per heavy atom. The van der Waals surface area contributed by atoms with Crippen LogP contribution >= 0.6 is 0 Å². The van der Waals surface area contributed by atoms with E-state index >= 15 is 0 Å². The van der Waals surface area contributed by atoms with Gasteiger partial charge in [-0.05, 0) is 51.0 Å². The average molecular weight is 353 g/mol. The zero-order valence-corrected chi connectivity index (χ0v) is 16.0. The third kappa shape index (κ3) is 4.50. The topological polar surface area (TPSA) is 57.8 Å². The summed E-state index contributed by atoms with van der Waals surface area (Å²) in [5, 5.41) is 9.04. The van der Waals surface area contributed by atoms with Crippen LogP contribution in [0.25, 0.3) is 0 Å². The molecule has 6 heteroatoms. The summed E-state index contributed by atoms with van der Waals surface area (Å²) in [6.07, 6.45) is 6.39. The summed E-state index contributed by atoms with van der Waals surface area (Å²) in [6.45, 7) is 7.37. The van der Waals surface area contributed by atoms with Gasteiger partial charge in [0, 0.05) is 31.8 Å². The lowest BCUT2D eigenvalue weighted by Gasteiger charge is -2.21. The van der Waals surface area contributed by atoms with Crippen molar-refractivity contribution in [3.63, 3.8) is 0 Å². The van der Waals surface area contributed by atoms with Crippen LogP contribution in [-0.2, 0) is 24.9 Å². The average Bonchev–Trinajstić information content (AvgIpc) is 3.25. The van der Waals surface area contributed by atoms with Crippen molar-refractivity contribution in [1.82, 2.24) is 24.5 Å². The highest BCUT2D eigenvalue weighted by atomic mass is 16.5. The number of hydrogen-bond donors (Lipinski definition) is 0. The molecule has 138 valence electrons. The molecule has 1 aromatic carbocycles. The first-order valence-electron chi connectivity index (χ1n) is 9.01. The molecule has 0 fully saturated rings. The van der Waals surface area contributed by atoms with E-state index in [0.29, 0.717) is 0 Å². The van der Waals surface area contributed by atoms with Gasteiger partial charge in [-0.3, -0.25) is 4.68 Å². The van der Waals surface area contributed by atoms with Crippen LogP contribution in [0.2, 0.25) is 0 Å². The maximum absolute atomic E-state index is 5.22. The molecule has 0 saturated carbocycles. The van der Waals surface area contributed by atoms with E-state index < -0.39 is 0 Å². The molecule has 6 nitrogen and oxygen atoms in total. The summed E-state index contributed by atoms with van der Waals surface area (Å²) in [5.74, 6) is 2.76. The molecule has 3 aromatic rings. The minimum atomic E-state index is -0.0911. The fraction of sp³-hybridized carbons (Fsp3) is 0.450. The lowest BCUT2D eigenvalue weighted by atomic mass is 10.1. The number of rotatable bonds is 7. The van der Waals surface area contributed by atoms with Crippen molar-refractivity contribution in [1.29, 1.82) is 0 Å². The molecule has 0 radical (unpaired) electrons. The van der Waals surface area contributed by atoms with E-state index in [2.05, 4.69) is 42.7 Å². The monoisotopic (exact) mass is 353 g/mol. The molecule has 3 rings (SSSR count). The van der Waals surface area contributed by atoms with Gasteiger partial charge in [-0.25, -0.2) is 9.67 Å². The smallest absolute Gasteiger partial charge is 0.155 e. The predicted molar refractivity (Wildman–Crippen MR) is 101 cm³/mol. The van der Waals surface area contributed by atoms with Crippen LogP contribution in [-0.4, -0.2) is 31.7 Å². The highest BCUT2D eigenvalue weighted by Crippen LogP contribution is 2.19. The summed E-state index contributed by atoms with van der Waals surface area (Å²) in [7, 11) is 1.68. The second kappa shape index (κ2) is 7.72. The van der Waals surface area contributed by atoms with Gasteiger partial charge in [-0.1, -0.05) is 12.1 Å². The maximum Gasteiger partial charge on any atom is 0.155 e. The van der Waals surface area contributed by atoms with Crippen LogP contribution in [0.3, 0.4) is 0 Å². The molecule has 0 N–H and O–H groups in total. The van der Waals surface area contributed by atoms with E-state index in [9.17, 15) is 0 Å². The molecule has 0 aliphatic heterocycles. The molecule has 0 atom stereocenters. The van der Waals surface area contributed by atoms with E-state index in [1.807, 2.05) is 35.3 Å². The Kier molecular flexibility index (Phi) is 5.40. The summed E-state index contributed by atoms with van der Waals surface area (Å²) in [5.41, 5.74) is 1.09. The van der Waals surface area contributed by atoms with Crippen molar-refractivity contribution in [3.05, 3.63) is 59.9 Å². The highest BCUT2D eigenvalue weighted by molar-refractivity contribution is 5.28. The van der Waals surface area contributed by atoms with Crippen LogP contribution in [0.15, 0.2) is 42.7 Å². The number of benzene rings is 1. The number of aryl methyl sites for hydroxylation is 2. The van der Waals surface area contributed by atoms with Crippen molar-refractivity contribution >= 4 is 0 Å². The third-order valence-electron chi connectivity index (χ3n) is 4.22. The lowest BCUT2D eigenvalue weighted by Crippen LogP contribution is -2.26. The quantitative estimate of drug-likeness (QED) is 0.653. The van der Waals surface area contributed by atoms with E-state index in [1.165, 1.54) is 5.56 Å². The zero-order valence-electron chi connectivity index (χ0n) is 16.0. The van der Waals surface area contributed by atoms with Crippen molar-refractivity contribution < 1.29 is 4.74 Å². The number of hydrogen-bond acceptors (Lipinski definition) is 4. The lowest BCUT2D eigenvalue weighted by molar-refractivity contribution is 0.337. The first-order valence-corrected chi connectivity index (χ1v) is 9.01. The molecule has 0 aliphatic carbocycles. The SMILES string of the molecule is COc1ccc(Cc2nc(CCCn3cccn3)n(C(C)(C)C)n2)cc1. The Bertz CT molecular complexity index is 813. The number of methoxy groups -OCH3 is 1. The van der Waals surface area contributed by atoms with Gasteiger partial charge in [0.05, 0.1) is 12.6 Å². The minimum absolute atomic E-state index is 0.0911. The van der Waals surface area contributed by atoms with Crippen LogP contribution in [0, 0.1) is 0 Å². The molecule has 2 aromatic heterocycles. The first-order chi connectivity index (χ1) is 12.5. The molecular weight excluding hydrogens is 326 g/mol. The van der Waals surface area contributed by atoms with Crippen LogP contribution in [0.5, 0.6) is 5.75 Å². The molecule has 0 bridgehead atoms. The summed E-state index contributed by atoms with van der Waals surface area (Å²) in [4.78, 5) is 4.82. The Morgan fingerprint density at radius 1 is 1.12 bits per heavy atom. The summed E-state index contributed by atoms with van der Waals surface area (Å²) < 4.78 is 9.24. The molecule has 0 spiro atoms. The number of ether oxygens (including phenoxy) is 1. The van der Waals surface area contributed by atoms with Gasteiger partial charge in [0.25, 0.3) is 0 Å². The zero-order chi connectivity index (χ0) is 18.6. The first kappa shape index (κ1) is 18.2. The minimum Gasteiger partial charge on any atom is -0.497 e. The standard InChI is InChI=1S/C20H27N5O/c1-20(2,3)25-19(7-5-13-24-14-6-12-21-24)22-18(23-25)15-16-8-10-17(26-4)11-9-16/h6,8-12,14H,5,7,13,15H2,1-4H3. The van der Waals surface area contributed by atoms with Crippen LogP contribution in [0.4, 0.5) is 0 Å². The van der Waals surface area contributed by atoms with Gasteiger partial charge in [-0.15, -0.1) is 0 Å². The van der Waals surface area contributed by atoms with E-state index in [4.69, 9.17) is 14.8 Å². The van der Waals surface area contributed by atoms with Gasteiger partial charge in [0.2, 0.25) is 0 Å². The predicted octanol–water partition coefficient (Wildman–Crippen LogP) is 3.46. The van der Waals surface area contributed by atoms with Gasteiger partial charge < -0.3 is 4.74 Å². The molecule has 0 amide bonds. The molecule has 0 aliphatic rings. The van der Waals surface area contributed by atoms with E-state index in [-0.39, 0.29) is 5.54 Å². The highest BCUT2D eigenvalue weighted by Gasteiger charge is 2.20. The number of aromatic nitrogens is 5. The molecule has 26 heavy (non-hydrogen) atoms. The number of nitrogens with zero attached hydrogens (tertiary/aromatic N) is 5. The molecule has 0 saturated heterocycles. The van der Waals surface area contributed by atoms with Crippen molar-refractivity contribution in [2.75, 3.05) is 7.11 Å². The fourth-order valence-corrected chi connectivity index (χ4v) is 2.92. The van der Waals surface area contributed by atoms with Gasteiger partial charge in [-0.2, -0.15) is 10.2 Å². The second-order valence-corrected chi connectivity index (χ2v) is 7.42. The Labute approximate surface area is 154 Å². The Morgan fingerprint density at radius 3 is 2.50 bits per heavy atom. The van der Waals surface area contributed by atoms with Crippen LogP contribution < -0.4 is 4.74 Å². The van der Waals surface area contributed by atoms with Crippen molar-refractivity contribution in [2.24, 2.45) is 0 Å². The molecule has 0 unspecified atom stereocenters. The Balaban J connectivity index is 1.72. The Hall–Kier alpha value is -2.63. The van der Waals surface area contributed by atoms with E-state index in [1.54, 1.807) is 7.11 Å². The fourth-order valence-electron chi connectivity index (χ4n) is 2.92. The maximum atomic E-state index is 5.22. The van der Waals surface area contributed by atoms with Gasteiger partial charge in [0.15, 0.2) is 5.82 Å². The van der Waals surface area contributed by atoms with E-state index in [0.717, 1.165) is 43.2 Å². The van der Waals surface area contributed by atoms with Crippen molar-refractivity contribution in [2.45, 2.75) is 52.1 Å². The van der Waals surface area contributed by atoms with Crippen LogP contribution in [0.1, 0.15) is 44.4 Å². The van der Waals surface area contributed by atoms with Crippen molar-refractivity contribution in [3.8, 4) is 5.75 Å².